The highest BCUT2D eigenvalue weighted by atomic mass is 79.9. The fourth-order valence-corrected chi connectivity index (χ4v) is 2.08. The third kappa shape index (κ3) is 4.90. The largest absolute Gasteiger partial charge is 0.328 e. The van der Waals surface area contributed by atoms with Crippen molar-refractivity contribution >= 4 is 22.2 Å². The van der Waals surface area contributed by atoms with Gasteiger partial charge in [-0.3, -0.25) is 4.79 Å². The van der Waals surface area contributed by atoms with Crippen LogP contribution in [-0.2, 0) is 0 Å². The topological polar surface area (TPSA) is 43.1 Å². The minimum atomic E-state index is 0.536. The Morgan fingerprint density at radius 2 is 1.81 bits per heavy atom. The first-order valence-corrected chi connectivity index (χ1v) is 6.48. The molecule has 0 aromatic heterocycles. The molecule has 0 heterocycles. The van der Waals surface area contributed by atoms with Gasteiger partial charge in [0.15, 0.2) is 6.29 Å². The number of carbonyl (C=O) groups is 1. The smallest absolute Gasteiger partial charge is 0.151 e. The molecule has 0 spiro atoms. The number of carbonyl (C=O) groups excluding carboxylic acids is 1. The zero-order valence-corrected chi connectivity index (χ0v) is 10.9. The second kappa shape index (κ2) is 7.58. The first-order chi connectivity index (χ1) is 7.74. The van der Waals surface area contributed by atoms with E-state index in [2.05, 4.69) is 15.9 Å². The van der Waals surface area contributed by atoms with Crippen molar-refractivity contribution in [2.45, 2.75) is 38.1 Å². The second-order valence-corrected chi connectivity index (χ2v) is 4.89. The summed E-state index contributed by atoms with van der Waals surface area (Å²) >= 11 is 3.23. The van der Waals surface area contributed by atoms with Crippen LogP contribution in [-0.4, -0.2) is 12.3 Å². The highest BCUT2D eigenvalue weighted by Crippen LogP contribution is 2.14. The summed E-state index contributed by atoms with van der Waals surface area (Å²) < 4.78 is 0.847. The van der Waals surface area contributed by atoms with Crippen LogP contribution < -0.4 is 5.73 Å². The zero-order valence-electron chi connectivity index (χ0n) is 9.36. The van der Waals surface area contributed by atoms with E-state index in [0.717, 1.165) is 10.8 Å². The molecule has 1 saturated carbocycles. The highest BCUT2D eigenvalue weighted by Gasteiger charge is 2.06. The molecule has 0 atom stereocenters. The molecule has 2 nitrogen and oxygen atoms in total. The summed E-state index contributed by atoms with van der Waals surface area (Å²) in [5, 5.41) is 0. The van der Waals surface area contributed by atoms with Crippen LogP contribution in [0.4, 0.5) is 0 Å². The Morgan fingerprint density at radius 1 is 1.19 bits per heavy atom. The molecular formula is C13H18BrNO. The summed E-state index contributed by atoms with van der Waals surface area (Å²) in [5.41, 5.74) is 6.33. The van der Waals surface area contributed by atoms with Gasteiger partial charge in [-0.2, -0.15) is 0 Å². The van der Waals surface area contributed by atoms with E-state index in [9.17, 15) is 4.79 Å². The molecule has 88 valence electrons. The van der Waals surface area contributed by atoms with E-state index in [1.807, 2.05) is 18.2 Å². The first-order valence-electron chi connectivity index (χ1n) is 5.69. The molecule has 1 aliphatic rings. The maximum absolute atomic E-state index is 10.2. The van der Waals surface area contributed by atoms with E-state index in [-0.39, 0.29) is 0 Å². The fourth-order valence-electron chi connectivity index (χ4n) is 1.70. The van der Waals surface area contributed by atoms with Crippen LogP contribution >= 0.6 is 15.9 Å². The van der Waals surface area contributed by atoms with E-state index >= 15 is 0 Å². The minimum absolute atomic E-state index is 0.536. The second-order valence-electron chi connectivity index (χ2n) is 4.04. The minimum Gasteiger partial charge on any atom is -0.328 e. The van der Waals surface area contributed by atoms with Gasteiger partial charge in [-0.05, 0) is 18.9 Å². The zero-order chi connectivity index (χ0) is 11.8. The number of benzene rings is 1. The average molecular weight is 284 g/mol. The lowest BCUT2D eigenvalue weighted by Crippen LogP contribution is -2.22. The third-order valence-electron chi connectivity index (χ3n) is 2.68. The van der Waals surface area contributed by atoms with Crippen molar-refractivity contribution in [3.8, 4) is 0 Å². The van der Waals surface area contributed by atoms with Crippen LogP contribution in [0.5, 0.6) is 0 Å². The van der Waals surface area contributed by atoms with Crippen LogP contribution in [0, 0.1) is 0 Å². The molecule has 1 aromatic rings. The molecule has 2 rings (SSSR count). The Bertz CT molecular complexity index is 321. The molecule has 16 heavy (non-hydrogen) atoms. The van der Waals surface area contributed by atoms with Crippen LogP contribution in [0.3, 0.4) is 0 Å². The predicted molar refractivity (Wildman–Crippen MR) is 70.6 cm³/mol. The molecule has 0 bridgehead atoms. The number of hydrogen-bond acceptors (Lipinski definition) is 2. The molecule has 0 saturated heterocycles. The summed E-state index contributed by atoms with van der Waals surface area (Å²) in [6.07, 6.45) is 7.49. The molecule has 2 N–H and O–H groups in total. The van der Waals surface area contributed by atoms with Crippen LogP contribution in [0.2, 0.25) is 0 Å². The molecular weight excluding hydrogens is 266 g/mol. The predicted octanol–water partition coefficient (Wildman–Crippen LogP) is 3.54. The van der Waals surface area contributed by atoms with Gasteiger partial charge in [0.1, 0.15) is 0 Å². The van der Waals surface area contributed by atoms with Crippen LogP contribution in [0.25, 0.3) is 0 Å². The van der Waals surface area contributed by atoms with E-state index in [1.54, 1.807) is 6.07 Å². The molecule has 1 aromatic carbocycles. The Morgan fingerprint density at radius 3 is 2.19 bits per heavy atom. The van der Waals surface area contributed by atoms with E-state index in [0.29, 0.717) is 11.6 Å². The lowest BCUT2D eigenvalue weighted by molar-refractivity contribution is 0.112. The van der Waals surface area contributed by atoms with Gasteiger partial charge in [-0.15, -0.1) is 0 Å². The fraction of sp³-hybridized carbons (Fsp3) is 0.462. The van der Waals surface area contributed by atoms with Gasteiger partial charge in [-0.25, -0.2) is 0 Å². The monoisotopic (exact) mass is 283 g/mol. The maximum atomic E-state index is 10.2. The van der Waals surface area contributed by atoms with Gasteiger partial charge < -0.3 is 5.73 Å². The third-order valence-corrected chi connectivity index (χ3v) is 3.40. The Balaban J connectivity index is 0.000000165. The van der Waals surface area contributed by atoms with Gasteiger partial charge in [0.25, 0.3) is 0 Å². The highest BCUT2D eigenvalue weighted by molar-refractivity contribution is 9.10. The summed E-state index contributed by atoms with van der Waals surface area (Å²) in [7, 11) is 0. The van der Waals surface area contributed by atoms with Crippen molar-refractivity contribution in [3.63, 3.8) is 0 Å². The van der Waals surface area contributed by atoms with Crippen molar-refractivity contribution in [1.29, 1.82) is 0 Å². The van der Waals surface area contributed by atoms with E-state index in [1.165, 1.54) is 32.1 Å². The number of rotatable bonds is 1. The van der Waals surface area contributed by atoms with Crippen LogP contribution in [0.15, 0.2) is 28.7 Å². The van der Waals surface area contributed by atoms with Crippen molar-refractivity contribution in [2.75, 3.05) is 0 Å². The van der Waals surface area contributed by atoms with E-state index < -0.39 is 0 Å². The van der Waals surface area contributed by atoms with Gasteiger partial charge in [0.2, 0.25) is 0 Å². The molecule has 0 aliphatic heterocycles. The molecule has 3 heteroatoms. The van der Waals surface area contributed by atoms with Crippen molar-refractivity contribution < 1.29 is 4.79 Å². The van der Waals surface area contributed by atoms with E-state index in [4.69, 9.17) is 5.73 Å². The lowest BCUT2D eigenvalue weighted by atomic mass is 9.97. The number of hydrogen-bond donors (Lipinski definition) is 1. The lowest BCUT2D eigenvalue weighted by Gasteiger charge is -2.15. The quantitative estimate of drug-likeness (QED) is 0.801. The Kier molecular flexibility index (Phi) is 6.34. The standard InChI is InChI=1S/C7H5BrO.C6H13N/c8-7-4-2-1-3-6(7)5-9;7-6-4-2-1-3-5-6/h1-5H;6H,1-5,7H2. The SMILES string of the molecule is NC1CCCCC1.O=Cc1ccccc1Br. The van der Waals surface area contributed by atoms with Gasteiger partial charge in [0.05, 0.1) is 0 Å². The van der Waals surface area contributed by atoms with Gasteiger partial charge in [-0.1, -0.05) is 53.4 Å². The molecule has 1 aliphatic carbocycles. The number of aldehydes is 1. The average Bonchev–Trinajstić information content (AvgIpc) is 2.31. The normalized spacial score (nSPS) is 16.1. The molecule has 0 amide bonds. The van der Waals surface area contributed by atoms with Crippen molar-refractivity contribution in [2.24, 2.45) is 5.73 Å². The first kappa shape index (κ1) is 13.4. The summed E-state index contributed by atoms with van der Waals surface area (Å²) in [6.45, 7) is 0. The van der Waals surface area contributed by atoms with Crippen molar-refractivity contribution in [3.05, 3.63) is 34.3 Å². The summed E-state index contributed by atoms with van der Waals surface area (Å²) in [6, 6.07) is 7.83. The summed E-state index contributed by atoms with van der Waals surface area (Å²) in [5.74, 6) is 0. The Hall–Kier alpha value is -0.670. The van der Waals surface area contributed by atoms with Crippen molar-refractivity contribution in [1.82, 2.24) is 0 Å². The van der Waals surface area contributed by atoms with Gasteiger partial charge >= 0.3 is 0 Å². The number of nitrogens with two attached hydrogens (primary N) is 1. The summed E-state index contributed by atoms with van der Waals surface area (Å²) in [4.78, 5) is 10.2. The Labute approximate surface area is 105 Å². The molecule has 1 fully saturated rings. The number of halogens is 1. The van der Waals surface area contributed by atoms with Crippen LogP contribution in [0.1, 0.15) is 42.5 Å². The molecule has 0 unspecified atom stereocenters. The molecule has 0 radical (unpaired) electrons. The van der Waals surface area contributed by atoms with Gasteiger partial charge in [0, 0.05) is 16.1 Å². The maximum Gasteiger partial charge on any atom is 0.151 e.